The molecule has 0 fully saturated rings. The number of carbonyl (C=O) groups excluding carboxylic acids is 1. The highest BCUT2D eigenvalue weighted by molar-refractivity contribution is 7.88. The summed E-state index contributed by atoms with van der Waals surface area (Å²) >= 11 is 11.7. The molecule has 0 spiro atoms. The molecule has 6 nitrogen and oxygen atoms in total. The summed E-state index contributed by atoms with van der Waals surface area (Å²) < 4.78 is 29.5. The average molecular weight is 369 g/mol. The van der Waals surface area contributed by atoms with Crippen LogP contribution in [-0.2, 0) is 26.1 Å². The maximum atomic E-state index is 11.8. The van der Waals surface area contributed by atoms with Crippen LogP contribution in [0.2, 0.25) is 10.0 Å². The first-order chi connectivity index (χ1) is 10.2. The summed E-state index contributed by atoms with van der Waals surface area (Å²) in [5.74, 6) is -0.400. The van der Waals surface area contributed by atoms with E-state index in [0.717, 1.165) is 10.6 Å². The van der Waals surface area contributed by atoms with Crippen LogP contribution in [0, 0.1) is 0 Å². The second-order valence-corrected chi connectivity index (χ2v) is 7.42. The predicted molar refractivity (Wildman–Crippen MR) is 86.6 cm³/mol. The molecule has 0 unspecified atom stereocenters. The van der Waals surface area contributed by atoms with Crippen molar-refractivity contribution in [2.45, 2.75) is 6.54 Å². The van der Waals surface area contributed by atoms with E-state index in [4.69, 9.17) is 27.9 Å². The van der Waals surface area contributed by atoms with Crippen molar-refractivity contribution < 1.29 is 17.9 Å². The van der Waals surface area contributed by atoms with E-state index in [0.29, 0.717) is 28.8 Å². The first-order valence-corrected chi connectivity index (χ1v) is 8.99. The lowest BCUT2D eigenvalue weighted by molar-refractivity contribution is -0.121. The number of rotatable bonds is 8. The zero-order valence-corrected chi connectivity index (χ0v) is 14.6. The van der Waals surface area contributed by atoms with Crippen molar-refractivity contribution in [3.63, 3.8) is 0 Å². The van der Waals surface area contributed by atoms with Gasteiger partial charge in [0.05, 0.1) is 29.5 Å². The number of methoxy groups -OCH3 is 1. The molecule has 22 heavy (non-hydrogen) atoms. The molecule has 0 aliphatic carbocycles. The minimum atomic E-state index is -3.55. The normalized spacial score (nSPS) is 11.7. The smallest absolute Gasteiger partial charge is 0.235 e. The number of halogens is 2. The highest BCUT2D eigenvalue weighted by Gasteiger charge is 2.20. The third kappa shape index (κ3) is 6.50. The Morgan fingerprint density at radius 1 is 1.32 bits per heavy atom. The van der Waals surface area contributed by atoms with Gasteiger partial charge in [-0.3, -0.25) is 4.79 Å². The van der Waals surface area contributed by atoms with Crippen molar-refractivity contribution in [3.05, 3.63) is 33.8 Å². The van der Waals surface area contributed by atoms with Gasteiger partial charge in [0, 0.05) is 20.2 Å². The van der Waals surface area contributed by atoms with Crippen molar-refractivity contribution >= 4 is 39.1 Å². The molecule has 0 aromatic heterocycles. The molecule has 0 bridgehead atoms. The Morgan fingerprint density at radius 2 is 2.00 bits per heavy atom. The highest BCUT2D eigenvalue weighted by atomic mass is 35.5. The molecular weight excluding hydrogens is 351 g/mol. The Morgan fingerprint density at radius 3 is 2.55 bits per heavy atom. The predicted octanol–water partition coefficient (Wildman–Crippen LogP) is 1.52. The Balaban J connectivity index is 2.77. The van der Waals surface area contributed by atoms with Gasteiger partial charge in [0.1, 0.15) is 0 Å². The van der Waals surface area contributed by atoms with Gasteiger partial charge in [-0.2, -0.15) is 4.31 Å². The number of ether oxygens (including phenoxy) is 1. The van der Waals surface area contributed by atoms with Crippen LogP contribution in [0.25, 0.3) is 0 Å². The van der Waals surface area contributed by atoms with Crippen molar-refractivity contribution in [3.8, 4) is 0 Å². The Kier molecular flexibility index (Phi) is 7.58. The fourth-order valence-electron chi connectivity index (χ4n) is 1.64. The van der Waals surface area contributed by atoms with E-state index < -0.39 is 15.9 Å². The van der Waals surface area contributed by atoms with E-state index in [9.17, 15) is 13.2 Å². The molecule has 1 N–H and O–H groups in total. The molecule has 0 heterocycles. The second-order valence-electron chi connectivity index (χ2n) is 4.62. The molecule has 0 aliphatic heterocycles. The van der Waals surface area contributed by atoms with Crippen molar-refractivity contribution in [2.75, 3.05) is 33.1 Å². The van der Waals surface area contributed by atoms with E-state index in [-0.39, 0.29) is 13.1 Å². The quantitative estimate of drug-likeness (QED) is 0.705. The fourth-order valence-corrected chi connectivity index (χ4v) is 2.70. The summed E-state index contributed by atoms with van der Waals surface area (Å²) in [6, 6.07) is 4.82. The number of benzene rings is 1. The number of hydrogen-bond donors (Lipinski definition) is 1. The molecule has 0 radical (unpaired) electrons. The maximum absolute atomic E-state index is 11.8. The topological polar surface area (TPSA) is 75.7 Å². The average Bonchev–Trinajstić information content (AvgIpc) is 2.41. The maximum Gasteiger partial charge on any atom is 0.235 e. The van der Waals surface area contributed by atoms with Crippen LogP contribution in [0.3, 0.4) is 0 Å². The summed E-state index contributed by atoms with van der Waals surface area (Å²) in [6.07, 6.45) is 1.05. The molecule has 1 amide bonds. The van der Waals surface area contributed by atoms with Crippen molar-refractivity contribution in [1.29, 1.82) is 0 Å². The van der Waals surface area contributed by atoms with Gasteiger partial charge in [-0.1, -0.05) is 29.3 Å². The lowest BCUT2D eigenvalue weighted by atomic mass is 10.2. The summed E-state index contributed by atoms with van der Waals surface area (Å²) in [5, 5.41) is 3.29. The molecule has 1 aromatic rings. The fraction of sp³-hybridized carbons (Fsp3) is 0.462. The van der Waals surface area contributed by atoms with Gasteiger partial charge in [0.25, 0.3) is 0 Å². The van der Waals surface area contributed by atoms with Crippen LogP contribution in [0.5, 0.6) is 0 Å². The summed E-state index contributed by atoms with van der Waals surface area (Å²) in [4.78, 5) is 11.8. The monoisotopic (exact) mass is 368 g/mol. The Hall–Kier alpha value is -0.860. The van der Waals surface area contributed by atoms with Gasteiger partial charge in [0.2, 0.25) is 15.9 Å². The van der Waals surface area contributed by atoms with Crippen molar-refractivity contribution in [1.82, 2.24) is 9.62 Å². The standard InChI is InChI=1S/C13H18Cl2N2O4S/c1-21-6-5-16-13(18)9-17(22(2,19)20)8-10-3-4-11(14)12(15)7-10/h3-4,7H,5-6,8-9H2,1-2H3,(H,16,18). The first-order valence-electron chi connectivity index (χ1n) is 6.38. The highest BCUT2D eigenvalue weighted by Crippen LogP contribution is 2.23. The number of nitrogens with zero attached hydrogens (tertiary/aromatic N) is 1. The van der Waals surface area contributed by atoms with Crippen LogP contribution in [0.15, 0.2) is 18.2 Å². The molecule has 0 aliphatic rings. The summed E-state index contributed by atoms with van der Waals surface area (Å²) in [5.41, 5.74) is 0.643. The number of amides is 1. The molecule has 9 heteroatoms. The van der Waals surface area contributed by atoms with E-state index in [1.165, 1.54) is 7.11 Å². The summed E-state index contributed by atoms with van der Waals surface area (Å²) in [7, 11) is -2.03. The van der Waals surface area contributed by atoms with E-state index in [2.05, 4.69) is 5.32 Å². The molecule has 0 saturated carbocycles. The third-order valence-electron chi connectivity index (χ3n) is 2.76. The molecular formula is C13H18Cl2N2O4S. The van der Waals surface area contributed by atoms with Crippen LogP contribution in [0.4, 0.5) is 0 Å². The Labute approximate surface area is 140 Å². The lowest BCUT2D eigenvalue weighted by Crippen LogP contribution is -2.40. The second kappa shape index (κ2) is 8.69. The zero-order chi connectivity index (χ0) is 16.8. The van der Waals surface area contributed by atoms with E-state index in [1.54, 1.807) is 18.2 Å². The molecule has 1 rings (SSSR count). The number of carbonyl (C=O) groups is 1. The van der Waals surface area contributed by atoms with Crippen LogP contribution >= 0.6 is 23.2 Å². The van der Waals surface area contributed by atoms with Gasteiger partial charge in [-0.05, 0) is 17.7 Å². The number of hydrogen-bond acceptors (Lipinski definition) is 4. The minimum Gasteiger partial charge on any atom is -0.383 e. The summed E-state index contributed by atoms with van der Waals surface area (Å²) in [6.45, 7) is 0.438. The van der Waals surface area contributed by atoms with Crippen LogP contribution in [-0.4, -0.2) is 51.7 Å². The molecule has 0 saturated heterocycles. The largest absolute Gasteiger partial charge is 0.383 e. The van der Waals surface area contributed by atoms with Crippen molar-refractivity contribution in [2.24, 2.45) is 0 Å². The first kappa shape index (κ1) is 19.2. The van der Waals surface area contributed by atoms with Gasteiger partial charge in [0.15, 0.2) is 0 Å². The lowest BCUT2D eigenvalue weighted by Gasteiger charge is -2.19. The molecule has 0 atom stereocenters. The van der Waals surface area contributed by atoms with Crippen LogP contribution < -0.4 is 5.32 Å². The van der Waals surface area contributed by atoms with Gasteiger partial charge < -0.3 is 10.1 Å². The number of sulfonamides is 1. The van der Waals surface area contributed by atoms with Gasteiger partial charge in [-0.15, -0.1) is 0 Å². The van der Waals surface area contributed by atoms with Gasteiger partial charge >= 0.3 is 0 Å². The zero-order valence-electron chi connectivity index (χ0n) is 12.3. The van der Waals surface area contributed by atoms with Crippen LogP contribution in [0.1, 0.15) is 5.56 Å². The Bertz CT molecular complexity index is 622. The molecule has 1 aromatic carbocycles. The SMILES string of the molecule is COCCNC(=O)CN(Cc1ccc(Cl)c(Cl)c1)S(C)(=O)=O. The van der Waals surface area contributed by atoms with E-state index in [1.807, 2.05) is 0 Å². The third-order valence-corrected chi connectivity index (χ3v) is 4.70. The van der Waals surface area contributed by atoms with E-state index >= 15 is 0 Å². The van der Waals surface area contributed by atoms with Gasteiger partial charge in [-0.25, -0.2) is 8.42 Å². The molecule has 124 valence electrons. The number of nitrogens with one attached hydrogen (secondary N) is 1. The minimum absolute atomic E-state index is 0.0351.